The van der Waals surface area contributed by atoms with Crippen molar-refractivity contribution in [1.82, 2.24) is 4.98 Å². The Hall–Kier alpha value is -0.650. The average Bonchev–Trinajstić information content (AvgIpc) is 3.15. The van der Waals surface area contributed by atoms with Crippen LogP contribution in [0.1, 0.15) is 43.2 Å². The first kappa shape index (κ1) is 13.8. The van der Waals surface area contributed by atoms with Crippen molar-refractivity contribution in [3.63, 3.8) is 0 Å². The van der Waals surface area contributed by atoms with Crippen LogP contribution in [0.15, 0.2) is 0 Å². The maximum absolute atomic E-state index is 9.40. The first-order valence-electron chi connectivity index (χ1n) is 6.73. The number of anilines is 1. The van der Waals surface area contributed by atoms with Gasteiger partial charge < -0.3 is 14.7 Å². The Labute approximate surface area is 113 Å². The molecule has 0 bridgehead atoms. The van der Waals surface area contributed by atoms with Crippen LogP contribution in [-0.4, -0.2) is 36.4 Å². The predicted molar refractivity (Wildman–Crippen MR) is 74.4 cm³/mol. The lowest BCUT2D eigenvalue weighted by Gasteiger charge is -2.19. The highest BCUT2D eigenvalue weighted by Gasteiger charge is 2.30. The van der Waals surface area contributed by atoms with Crippen molar-refractivity contribution >= 4 is 16.5 Å². The number of hydrogen-bond donors (Lipinski definition) is 1. The number of hydrogen-bond acceptors (Lipinski definition) is 5. The third-order valence-electron chi connectivity index (χ3n) is 3.19. The first-order valence-corrected chi connectivity index (χ1v) is 7.54. The van der Waals surface area contributed by atoms with Gasteiger partial charge in [-0.25, -0.2) is 4.98 Å². The molecule has 1 aromatic rings. The van der Waals surface area contributed by atoms with Crippen molar-refractivity contribution in [2.24, 2.45) is 0 Å². The van der Waals surface area contributed by atoms with Crippen LogP contribution in [0.2, 0.25) is 0 Å². The molecular weight excluding hydrogens is 248 g/mol. The van der Waals surface area contributed by atoms with Crippen LogP contribution in [0.5, 0.6) is 0 Å². The number of rotatable bonds is 8. The average molecular weight is 270 g/mol. The first-order chi connectivity index (χ1) is 8.80. The lowest BCUT2D eigenvalue weighted by atomic mass is 10.2. The molecule has 0 aromatic carbocycles. The van der Waals surface area contributed by atoms with Crippen LogP contribution in [0, 0.1) is 0 Å². The lowest BCUT2D eigenvalue weighted by molar-refractivity contribution is 0.154. The predicted octanol–water partition coefficient (Wildman–Crippen LogP) is 2.38. The molecule has 1 heterocycles. The number of likely N-dealkylation sites (N-methyl/N-ethyl adjacent to an activating group) is 1. The van der Waals surface area contributed by atoms with E-state index in [0.717, 1.165) is 42.0 Å². The Morgan fingerprint density at radius 1 is 1.44 bits per heavy atom. The van der Waals surface area contributed by atoms with E-state index >= 15 is 0 Å². The summed E-state index contributed by atoms with van der Waals surface area (Å²) in [7, 11) is 0. The highest BCUT2D eigenvalue weighted by atomic mass is 32.1. The van der Waals surface area contributed by atoms with Gasteiger partial charge in [0.05, 0.1) is 23.8 Å². The zero-order valence-corrected chi connectivity index (χ0v) is 12.0. The lowest BCUT2D eigenvalue weighted by Crippen LogP contribution is -2.27. The normalized spacial score (nSPS) is 15.1. The molecule has 0 atom stereocenters. The molecule has 0 spiro atoms. The summed E-state index contributed by atoms with van der Waals surface area (Å²) in [6, 6.07) is 0. The van der Waals surface area contributed by atoms with Crippen LogP contribution in [-0.2, 0) is 11.3 Å². The summed E-state index contributed by atoms with van der Waals surface area (Å²) in [5.41, 5.74) is 1.13. The van der Waals surface area contributed by atoms with Crippen LogP contribution in [0.4, 0.5) is 5.13 Å². The molecule has 1 aliphatic rings. The Balaban J connectivity index is 2.05. The van der Waals surface area contributed by atoms with Crippen molar-refractivity contribution < 1.29 is 9.84 Å². The van der Waals surface area contributed by atoms with Crippen LogP contribution in [0.3, 0.4) is 0 Å². The molecule has 0 amide bonds. The third kappa shape index (κ3) is 3.22. The van der Waals surface area contributed by atoms with Gasteiger partial charge in [0.1, 0.15) is 0 Å². The van der Waals surface area contributed by atoms with E-state index < -0.39 is 0 Å². The minimum atomic E-state index is 0.118. The molecule has 0 saturated heterocycles. The molecule has 2 rings (SSSR count). The monoisotopic (exact) mass is 270 g/mol. The summed E-state index contributed by atoms with van der Waals surface area (Å²) in [4.78, 5) is 7.99. The molecule has 5 heteroatoms. The van der Waals surface area contributed by atoms with E-state index in [1.165, 1.54) is 12.8 Å². The molecule has 4 nitrogen and oxygen atoms in total. The Kier molecular flexibility index (Phi) is 4.97. The molecule has 1 saturated carbocycles. The topological polar surface area (TPSA) is 45.6 Å². The SMILES string of the molecule is CCOCCN(CC)c1nc(C2CC2)c(CO)s1. The summed E-state index contributed by atoms with van der Waals surface area (Å²) in [5, 5.41) is 10.4. The van der Waals surface area contributed by atoms with Gasteiger partial charge in [-0.1, -0.05) is 11.3 Å². The second-order valence-electron chi connectivity index (χ2n) is 4.51. The van der Waals surface area contributed by atoms with Gasteiger partial charge in [-0.05, 0) is 26.7 Å². The molecule has 102 valence electrons. The summed E-state index contributed by atoms with van der Waals surface area (Å²) in [5.74, 6) is 0.600. The fraction of sp³-hybridized carbons (Fsp3) is 0.769. The molecular formula is C13H22N2O2S. The van der Waals surface area contributed by atoms with Crippen LogP contribution >= 0.6 is 11.3 Å². The summed E-state index contributed by atoms with van der Waals surface area (Å²) >= 11 is 1.63. The van der Waals surface area contributed by atoms with Gasteiger partial charge in [0.25, 0.3) is 0 Å². The van der Waals surface area contributed by atoms with E-state index in [2.05, 4.69) is 11.8 Å². The highest BCUT2D eigenvalue weighted by Crippen LogP contribution is 2.44. The van der Waals surface area contributed by atoms with Gasteiger partial charge in [-0.15, -0.1) is 0 Å². The Morgan fingerprint density at radius 2 is 2.22 bits per heavy atom. The molecule has 1 fully saturated rings. The van der Waals surface area contributed by atoms with Gasteiger partial charge in [0, 0.05) is 25.6 Å². The summed E-state index contributed by atoms with van der Waals surface area (Å²) in [6.07, 6.45) is 2.45. The molecule has 1 N–H and O–H groups in total. The molecule has 0 aliphatic heterocycles. The number of aromatic nitrogens is 1. The minimum Gasteiger partial charge on any atom is -0.391 e. The summed E-state index contributed by atoms with van der Waals surface area (Å²) in [6.45, 7) is 7.54. The van der Waals surface area contributed by atoms with E-state index in [1.54, 1.807) is 11.3 Å². The Bertz CT molecular complexity index is 377. The van der Waals surface area contributed by atoms with Crippen molar-refractivity contribution in [2.75, 3.05) is 31.2 Å². The quantitative estimate of drug-likeness (QED) is 0.737. The van der Waals surface area contributed by atoms with Gasteiger partial charge in [-0.2, -0.15) is 0 Å². The maximum atomic E-state index is 9.40. The highest BCUT2D eigenvalue weighted by molar-refractivity contribution is 7.15. The molecule has 18 heavy (non-hydrogen) atoms. The standard InChI is InChI=1S/C13H22N2O2S/c1-3-15(7-8-17-4-2)13-14-12(10-5-6-10)11(9-16)18-13/h10,16H,3-9H2,1-2H3. The molecule has 1 aliphatic carbocycles. The van der Waals surface area contributed by atoms with Crippen LogP contribution < -0.4 is 4.90 Å². The molecule has 1 aromatic heterocycles. The van der Waals surface area contributed by atoms with Crippen molar-refractivity contribution in [3.8, 4) is 0 Å². The number of thiazole rings is 1. The number of ether oxygens (including phenoxy) is 1. The summed E-state index contributed by atoms with van der Waals surface area (Å²) < 4.78 is 5.40. The van der Waals surface area contributed by atoms with Crippen molar-refractivity contribution in [1.29, 1.82) is 0 Å². The number of aliphatic hydroxyl groups is 1. The smallest absolute Gasteiger partial charge is 0.185 e. The third-order valence-corrected chi connectivity index (χ3v) is 4.30. The van der Waals surface area contributed by atoms with E-state index in [0.29, 0.717) is 5.92 Å². The van der Waals surface area contributed by atoms with Gasteiger partial charge >= 0.3 is 0 Å². The van der Waals surface area contributed by atoms with E-state index in [1.807, 2.05) is 6.92 Å². The molecule has 0 unspecified atom stereocenters. The van der Waals surface area contributed by atoms with Crippen LogP contribution in [0.25, 0.3) is 0 Å². The largest absolute Gasteiger partial charge is 0.391 e. The van der Waals surface area contributed by atoms with E-state index in [4.69, 9.17) is 9.72 Å². The van der Waals surface area contributed by atoms with Crippen molar-refractivity contribution in [3.05, 3.63) is 10.6 Å². The van der Waals surface area contributed by atoms with Gasteiger partial charge in [0.15, 0.2) is 5.13 Å². The van der Waals surface area contributed by atoms with Gasteiger partial charge in [0.2, 0.25) is 0 Å². The second-order valence-corrected chi connectivity index (χ2v) is 5.58. The number of nitrogens with zero attached hydrogens (tertiary/aromatic N) is 2. The fourth-order valence-corrected chi connectivity index (χ4v) is 3.08. The maximum Gasteiger partial charge on any atom is 0.185 e. The number of aliphatic hydroxyl groups excluding tert-OH is 1. The van der Waals surface area contributed by atoms with Gasteiger partial charge in [-0.3, -0.25) is 0 Å². The van der Waals surface area contributed by atoms with E-state index in [9.17, 15) is 5.11 Å². The molecule has 0 radical (unpaired) electrons. The second kappa shape index (κ2) is 6.50. The minimum absolute atomic E-state index is 0.118. The zero-order valence-electron chi connectivity index (χ0n) is 11.2. The van der Waals surface area contributed by atoms with Crippen molar-refractivity contribution in [2.45, 2.75) is 39.2 Å². The fourth-order valence-electron chi connectivity index (χ4n) is 1.98. The zero-order chi connectivity index (χ0) is 13.0. The Morgan fingerprint density at radius 3 is 2.78 bits per heavy atom. The van der Waals surface area contributed by atoms with E-state index in [-0.39, 0.29) is 6.61 Å².